The topological polar surface area (TPSA) is 93.0 Å². The van der Waals surface area contributed by atoms with Gasteiger partial charge in [0.05, 0.1) is 25.1 Å². The van der Waals surface area contributed by atoms with E-state index in [1.165, 1.54) is 24.4 Å². The van der Waals surface area contributed by atoms with Gasteiger partial charge in [-0.2, -0.15) is 14.5 Å². The maximum Gasteiger partial charge on any atom is 0.230 e. The van der Waals surface area contributed by atoms with E-state index in [9.17, 15) is 0 Å². The van der Waals surface area contributed by atoms with E-state index in [0.717, 1.165) is 66.7 Å². The first-order chi connectivity index (χ1) is 14.7. The molecule has 3 aromatic rings. The van der Waals surface area contributed by atoms with Crippen LogP contribution in [0.4, 0.5) is 16.8 Å². The monoisotopic (exact) mass is 428 g/mol. The Labute approximate surface area is 180 Å². The van der Waals surface area contributed by atoms with Crippen LogP contribution in [0.5, 0.6) is 0 Å². The van der Waals surface area contributed by atoms with Crippen LogP contribution in [0.15, 0.2) is 12.3 Å². The maximum absolute atomic E-state index is 5.50. The summed E-state index contributed by atoms with van der Waals surface area (Å²) in [7, 11) is 1.94. The van der Waals surface area contributed by atoms with Gasteiger partial charge in [-0.05, 0) is 50.2 Å². The second kappa shape index (κ2) is 8.44. The molecule has 1 aliphatic heterocycles. The molecule has 1 saturated carbocycles. The highest BCUT2D eigenvalue weighted by molar-refractivity contribution is 7.10. The molecule has 3 aromatic heterocycles. The SMILES string of the molecule is Cc1cc(Nc2nc(NC3CCC(N4CCOCC4)CC3)c3c(cnn3C)n2)sn1. The number of fused-ring (bicyclic) bond motifs is 1. The van der Waals surface area contributed by atoms with E-state index < -0.39 is 0 Å². The number of ether oxygens (including phenoxy) is 1. The zero-order valence-corrected chi connectivity index (χ0v) is 18.3. The van der Waals surface area contributed by atoms with Crippen LogP contribution >= 0.6 is 11.5 Å². The van der Waals surface area contributed by atoms with Crippen molar-refractivity contribution in [1.82, 2.24) is 29.0 Å². The van der Waals surface area contributed by atoms with E-state index in [0.29, 0.717) is 18.0 Å². The number of morpholine rings is 1. The van der Waals surface area contributed by atoms with Gasteiger partial charge in [0, 0.05) is 32.2 Å². The average molecular weight is 429 g/mol. The summed E-state index contributed by atoms with van der Waals surface area (Å²) < 4.78 is 11.7. The minimum atomic E-state index is 0.411. The van der Waals surface area contributed by atoms with Gasteiger partial charge in [0.1, 0.15) is 16.0 Å². The summed E-state index contributed by atoms with van der Waals surface area (Å²) in [6, 6.07) is 3.09. The van der Waals surface area contributed by atoms with Gasteiger partial charge >= 0.3 is 0 Å². The van der Waals surface area contributed by atoms with Gasteiger partial charge in [0.25, 0.3) is 0 Å². The van der Waals surface area contributed by atoms with Crippen LogP contribution in [0.3, 0.4) is 0 Å². The molecule has 30 heavy (non-hydrogen) atoms. The van der Waals surface area contributed by atoms with Gasteiger partial charge in [-0.25, -0.2) is 4.98 Å². The maximum atomic E-state index is 5.50. The molecule has 4 heterocycles. The summed E-state index contributed by atoms with van der Waals surface area (Å²) in [6.45, 7) is 5.85. The molecule has 2 N–H and O–H groups in total. The molecule has 5 rings (SSSR count). The minimum Gasteiger partial charge on any atom is -0.379 e. The molecule has 1 saturated heterocycles. The number of hydrogen-bond acceptors (Lipinski definition) is 9. The standard InChI is InChI=1S/C20H28N8OS/c1-13-11-17(30-26-13)24-20-23-16-12-21-27(2)18(16)19(25-20)22-14-3-5-15(6-4-14)28-7-9-29-10-8-28/h11-12,14-15H,3-10H2,1-2H3,(H2,22,23,24,25). The Bertz CT molecular complexity index is 1000. The molecule has 1 aliphatic carbocycles. The highest BCUT2D eigenvalue weighted by Crippen LogP contribution is 2.29. The molecule has 0 amide bonds. The highest BCUT2D eigenvalue weighted by Gasteiger charge is 2.27. The van der Waals surface area contributed by atoms with Crippen LogP contribution in [0.1, 0.15) is 31.4 Å². The quantitative estimate of drug-likeness (QED) is 0.641. The first kappa shape index (κ1) is 19.7. The summed E-state index contributed by atoms with van der Waals surface area (Å²) in [4.78, 5) is 12.0. The van der Waals surface area contributed by atoms with E-state index in [2.05, 4.69) is 30.0 Å². The lowest BCUT2D eigenvalue weighted by atomic mass is 9.90. The van der Waals surface area contributed by atoms with Gasteiger partial charge in [-0.1, -0.05) is 0 Å². The van der Waals surface area contributed by atoms with Crippen molar-refractivity contribution in [3.63, 3.8) is 0 Å². The molecule has 2 aliphatic rings. The van der Waals surface area contributed by atoms with Crippen molar-refractivity contribution >= 4 is 39.3 Å². The predicted molar refractivity (Wildman–Crippen MR) is 118 cm³/mol. The third-order valence-corrected chi connectivity index (χ3v) is 6.85. The largest absolute Gasteiger partial charge is 0.379 e. The number of nitrogens with zero attached hydrogens (tertiary/aromatic N) is 6. The molecule has 0 unspecified atom stereocenters. The smallest absolute Gasteiger partial charge is 0.230 e. The number of aromatic nitrogens is 5. The summed E-state index contributed by atoms with van der Waals surface area (Å²) in [5, 5.41) is 12.3. The van der Waals surface area contributed by atoms with E-state index in [-0.39, 0.29) is 0 Å². The second-order valence-corrected chi connectivity index (χ2v) is 8.96. The molecule has 10 heteroatoms. The van der Waals surface area contributed by atoms with Gasteiger partial charge in [-0.15, -0.1) is 0 Å². The van der Waals surface area contributed by atoms with E-state index in [4.69, 9.17) is 9.72 Å². The van der Waals surface area contributed by atoms with Crippen LogP contribution in [0, 0.1) is 6.92 Å². The van der Waals surface area contributed by atoms with Gasteiger partial charge < -0.3 is 15.4 Å². The Morgan fingerprint density at radius 2 is 1.93 bits per heavy atom. The van der Waals surface area contributed by atoms with Gasteiger partial charge in [0.15, 0.2) is 5.82 Å². The number of aryl methyl sites for hydroxylation is 2. The fraction of sp³-hybridized carbons (Fsp3) is 0.600. The first-order valence-corrected chi connectivity index (χ1v) is 11.4. The van der Waals surface area contributed by atoms with Crippen molar-refractivity contribution in [2.24, 2.45) is 7.05 Å². The van der Waals surface area contributed by atoms with Crippen molar-refractivity contribution in [2.75, 3.05) is 36.9 Å². The average Bonchev–Trinajstić information content (AvgIpc) is 3.34. The lowest BCUT2D eigenvalue weighted by Crippen LogP contribution is -2.46. The number of anilines is 3. The van der Waals surface area contributed by atoms with Crippen LogP contribution in [0.25, 0.3) is 11.0 Å². The molecular weight excluding hydrogens is 400 g/mol. The van der Waals surface area contributed by atoms with Crippen molar-refractivity contribution in [3.8, 4) is 0 Å². The molecule has 9 nitrogen and oxygen atoms in total. The van der Waals surface area contributed by atoms with Gasteiger partial charge in [0.2, 0.25) is 5.95 Å². The summed E-state index contributed by atoms with van der Waals surface area (Å²) in [6.07, 6.45) is 6.50. The van der Waals surface area contributed by atoms with E-state index >= 15 is 0 Å². The zero-order valence-electron chi connectivity index (χ0n) is 17.5. The van der Waals surface area contributed by atoms with Crippen molar-refractivity contribution < 1.29 is 4.74 Å². The molecule has 0 spiro atoms. The third kappa shape index (κ3) is 4.12. The van der Waals surface area contributed by atoms with Gasteiger partial charge in [-0.3, -0.25) is 9.58 Å². The first-order valence-electron chi connectivity index (χ1n) is 10.6. The minimum absolute atomic E-state index is 0.411. The van der Waals surface area contributed by atoms with Crippen molar-refractivity contribution in [3.05, 3.63) is 18.0 Å². The zero-order chi connectivity index (χ0) is 20.5. The van der Waals surface area contributed by atoms with E-state index in [1.807, 2.05) is 24.7 Å². The van der Waals surface area contributed by atoms with Crippen molar-refractivity contribution in [2.45, 2.75) is 44.7 Å². The molecule has 0 radical (unpaired) electrons. The van der Waals surface area contributed by atoms with Crippen LogP contribution < -0.4 is 10.6 Å². The molecular formula is C20H28N8OS. The second-order valence-electron chi connectivity index (χ2n) is 8.15. The Balaban J connectivity index is 1.31. The Kier molecular flexibility index (Phi) is 5.53. The molecule has 160 valence electrons. The highest BCUT2D eigenvalue weighted by atomic mass is 32.1. The Hall–Kier alpha value is -2.30. The fourth-order valence-corrected chi connectivity index (χ4v) is 5.15. The molecule has 2 fully saturated rings. The van der Waals surface area contributed by atoms with Crippen molar-refractivity contribution in [1.29, 1.82) is 0 Å². The van der Waals surface area contributed by atoms with Crippen LogP contribution in [-0.2, 0) is 11.8 Å². The lowest BCUT2D eigenvalue weighted by molar-refractivity contribution is 0.00791. The number of hydrogen-bond donors (Lipinski definition) is 2. The molecule has 0 bridgehead atoms. The Morgan fingerprint density at radius 1 is 1.13 bits per heavy atom. The van der Waals surface area contributed by atoms with Crippen LogP contribution in [-0.4, -0.2) is 67.4 Å². The molecule has 0 atom stereocenters. The fourth-order valence-electron chi connectivity index (χ4n) is 4.49. The number of nitrogens with one attached hydrogen (secondary N) is 2. The summed E-state index contributed by atoms with van der Waals surface area (Å²) in [5.74, 6) is 1.42. The van der Waals surface area contributed by atoms with Crippen LogP contribution in [0.2, 0.25) is 0 Å². The predicted octanol–water partition coefficient (Wildman–Crippen LogP) is 2.93. The lowest BCUT2D eigenvalue weighted by Gasteiger charge is -2.39. The molecule has 0 aromatic carbocycles. The normalized spacial score (nSPS) is 23.0. The summed E-state index contributed by atoms with van der Waals surface area (Å²) >= 11 is 1.41. The summed E-state index contributed by atoms with van der Waals surface area (Å²) in [5.41, 5.74) is 2.76. The Morgan fingerprint density at radius 3 is 2.67 bits per heavy atom. The third-order valence-electron chi connectivity index (χ3n) is 6.05. The number of rotatable bonds is 5. The van der Waals surface area contributed by atoms with E-state index in [1.54, 1.807) is 6.20 Å².